The van der Waals surface area contributed by atoms with Crippen molar-refractivity contribution in [2.45, 2.75) is 39.2 Å². The van der Waals surface area contributed by atoms with Gasteiger partial charge in [-0.1, -0.05) is 24.3 Å². The largest absolute Gasteiger partial charge is 0.359 e. The Morgan fingerprint density at radius 1 is 0.975 bits per heavy atom. The first-order valence-electron chi connectivity index (χ1n) is 13.9. The second kappa shape index (κ2) is 12.4. The second-order valence-electron chi connectivity index (χ2n) is 10.7. The van der Waals surface area contributed by atoms with E-state index in [-0.39, 0.29) is 17.6 Å². The number of piperidine rings is 1. The fourth-order valence-corrected chi connectivity index (χ4v) is 5.36. The summed E-state index contributed by atoms with van der Waals surface area (Å²) in [5.74, 6) is 0.277. The zero-order valence-electron chi connectivity index (χ0n) is 23.0. The van der Waals surface area contributed by atoms with Crippen LogP contribution in [0.3, 0.4) is 0 Å². The lowest BCUT2D eigenvalue weighted by Gasteiger charge is -2.31. The molecule has 2 heterocycles. The zero-order valence-corrected chi connectivity index (χ0v) is 23.0. The number of pyridine rings is 1. The van der Waals surface area contributed by atoms with Crippen LogP contribution >= 0.6 is 0 Å². The van der Waals surface area contributed by atoms with E-state index in [1.165, 1.54) is 17.7 Å². The van der Waals surface area contributed by atoms with E-state index in [0.29, 0.717) is 17.9 Å². The molecule has 0 radical (unpaired) electrons. The van der Waals surface area contributed by atoms with Gasteiger partial charge in [0.2, 0.25) is 5.91 Å². The van der Waals surface area contributed by atoms with Crippen LogP contribution in [0.5, 0.6) is 0 Å². The molecule has 0 spiro atoms. The van der Waals surface area contributed by atoms with Crippen molar-refractivity contribution in [2.24, 2.45) is 5.92 Å². The molecule has 1 fully saturated rings. The van der Waals surface area contributed by atoms with Gasteiger partial charge in [-0.2, -0.15) is 0 Å². The standard InChI is InChI=1S/C33H35FN4O2/c1-22-17-28-18-24(21-38-15-13-23(14-16-38)3-12-32(39)35-2)20-36-31(28)19-30(22)37-33(40)27-6-4-25(5-7-27)26-8-10-29(34)11-9-26/h4-11,17-20,23H,3,12-16,21H2,1-2H3,(H,35,39)(H,37,40). The molecule has 0 saturated carbocycles. The molecule has 0 aliphatic carbocycles. The number of nitrogens with one attached hydrogen (secondary N) is 2. The summed E-state index contributed by atoms with van der Waals surface area (Å²) in [6, 6.07) is 19.8. The first kappa shape index (κ1) is 27.5. The minimum absolute atomic E-state index is 0.125. The normalized spacial score (nSPS) is 14.3. The molecular weight excluding hydrogens is 503 g/mol. The molecule has 0 atom stereocenters. The first-order valence-corrected chi connectivity index (χ1v) is 13.9. The number of nitrogens with zero attached hydrogens (tertiary/aromatic N) is 2. The Morgan fingerprint density at radius 3 is 2.33 bits per heavy atom. The van der Waals surface area contributed by atoms with Gasteiger partial charge in [-0.3, -0.25) is 19.5 Å². The summed E-state index contributed by atoms with van der Waals surface area (Å²) >= 11 is 0. The highest BCUT2D eigenvalue weighted by Crippen LogP contribution is 2.27. The summed E-state index contributed by atoms with van der Waals surface area (Å²) in [6.45, 7) is 4.91. The summed E-state index contributed by atoms with van der Waals surface area (Å²) in [4.78, 5) is 31.7. The number of halogens is 1. The lowest BCUT2D eigenvalue weighted by atomic mass is 9.92. The molecule has 3 aromatic carbocycles. The molecule has 1 aromatic heterocycles. The molecule has 6 nitrogen and oxygen atoms in total. The molecule has 1 aliphatic heterocycles. The van der Waals surface area contributed by atoms with Gasteiger partial charge in [-0.05, 0) is 110 Å². The average molecular weight is 539 g/mol. The summed E-state index contributed by atoms with van der Waals surface area (Å²) in [6.07, 6.45) is 5.74. The highest BCUT2D eigenvalue weighted by atomic mass is 19.1. The van der Waals surface area contributed by atoms with E-state index in [1.54, 1.807) is 31.3 Å². The van der Waals surface area contributed by atoms with Crippen molar-refractivity contribution in [2.75, 3.05) is 25.5 Å². The van der Waals surface area contributed by atoms with Crippen molar-refractivity contribution in [1.82, 2.24) is 15.2 Å². The van der Waals surface area contributed by atoms with Crippen molar-refractivity contribution >= 4 is 28.4 Å². The van der Waals surface area contributed by atoms with E-state index in [9.17, 15) is 14.0 Å². The van der Waals surface area contributed by atoms with Crippen molar-refractivity contribution < 1.29 is 14.0 Å². The van der Waals surface area contributed by atoms with Crippen LogP contribution in [-0.2, 0) is 11.3 Å². The summed E-state index contributed by atoms with van der Waals surface area (Å²) in [7, 11) is 1.69. The number of anilines is 1. The molecule has 2 amide bonds. The van der Waals surface area contributed by atoms with Crippen molar-refractivity contribution in [3.63, 3.8) is 0 Å². The number of aryl methyl sites for hydroxylation is 1. The Bertz CT molecular complexity index is 1490. The molecule has 40 heavy (non-hydrogen) atoms. The maximum absolute atomic E-state index is 13.2. The van der Waals surface area contributed by atoms with Crippen LogP contribution in [0.1, 0.15) is 47.2 Å². The second-order valence-corrected chi connectivity index (χ2v) is 10.7. The minimum Gasteiger partial charge on any atom is -0.359 e. The number of rotatable bonds is 8. The number of carbonyl (C=O) groups is 2. The average Bonchev–Trinajstić information content (AvgIpc) is 2.97. The third-order valence-corrected chi connectivity index (χ3v) is 7.83. The number of fused-ring (bicyclic) bond motifs is 1. The Kier molecular flexibility index (Phi) is 8.51. The van der Waals surface area contributed by atoms with Crippen molar-refractivity contribution in [1.29, 1.82) is 0 Å². The predicted octanol–water partition coefficient (Wildman–Crippen LogP) is 6.34. The predicted molar refractivity (Wildman–Crippen MR) is 158 cm³/mol. The lowest BCUT2D eigenvalue weighted by molar-refractivity contribution is -0.121. The van der Waals surface area contributed by atoms with Crippen molar-refractivity contribution in [3.05, 3.63) is 95.4 Å². The smallest absolute Gasteiger partial charge is 0.255 e. The van der Waals surface area contributed by atoms with Gasteiger partial charge in [-0.25, -0.2) is 4.39 Å². The van der Waals surface area contributed by atoms with Crippen LogP contribution in [0, 0.1) is 18.7 Å². The van der Waals surface area contributed by atoms with Crippen molar-refractivity contribution in [3.8, 4) is 11.1 Å². The van der Waals surface area contributed by atoms with E-state index in [2.05, 4.69) is 27.7 Å². The maximum Gasteiger partial charge on any atom is 0.255 e. The molecule has 206 valence electrons. The van der Waals surface area contributed by atoms with Gasteiger partial charge in [0.15, 0.2) is 0 Å². The van der Waals surface area contributed by atoms with E-state index in [1.807, 2.05) is 31.3 Å². The fraction of sp³-hybridized carbons (Fsp3) is 0.303. The number of carbonyl (C=O) groups excluding carboxylic acids is 2. The van der Waals surface area contributed by atoms with E-state index in [0.717, 1.165) is 72.2 Å². The number of hydrogen-bond acceptors (Lipinski definition) is 4. The number of likely N-dealkylation sites (tertiary alicyclic amines) is 1. The van der Waals surface area contributed by atoms with Crippen LogP contribution in [0.4, 0.5) is 10.1 Å². The molecule has 4 aromatic rings. The van der Waals surface area contributed by atoms with Gasteiger partial charge >= 0.3 is 0 Å². The van der Waals surface area contributed by atoms with E-state index < -0.39 is 0 Å². The van der Waals surface area contributed by atoms with Gasteiger partial charge < -0.3 is 10.6 Å². The summed E-state index contributed by atoms with van der Waals surface area (Å²) < 4.78 is 13.2. The minimum atomic E-state index is -0.275. The highest BCUT2D eigenvalue weighted by Gasteiger charge is 2.20. The molecule has 2 N–H and O–H groups in total. The third-order valence-electron chi connectivity index (χ3n) is 7.83. The molecule has 5 rings (SSSR count). The topological polar surface area (TPSA) is 74.3 Å². The SMILES string of the molecule is CNC(=O)CCC1CCN(Cc2cnc3cc(NC(=O)c4ccc(-c5ccc(F)cc5)cc4)c(C)cc3c2)CC1. The Balaban J connectivity index is 1.20. The lowest BCUT2D eigenvalue weighted by Crippen LogP contribution is -2.33. The number of benzene rings is 3. The van der Waals surface area contributed by atoms with Gasteiger partial charge in [0.25, 0.3) is 5.91 Å². The fourth-order valence-electron chi connectivity index (χ4n) is 5.36. The molecule has 1 aliphatic rings. The monoisotopic (exact) mass is 538 g/mol. The number of hydrogen-bond donors (Lipinski definition) is 2. The van der Waals surface area contributed by atoms with Crippen LogP contribution in [-0.4, -0.2) is 41.8 Å². The summed E-state index contributed by atoms with van der Waals surface area (Å²) in [5, 5.41) is 6.79. The highest BCUT2D eigenvalue weighted by molar-refractivity contribution is 6.05. The quantitative estimate of drug-likeness (QED) is 0.275. The Labute approximate surface area is 234 Å². The maximum atomic E-state index is 13.2. The van der Waals surface area contributed by atoms with Gasteiger partial charge in [0, 0.05) is 42.8 Å². The van der Waals surface area contributed by atoms with Crippen LogP contribution < -0.4 is 10.6 Å². The Hall–Kier alpha value is -4.10. The van der Waals surface area contributed by atoms with Gasteiger partial charge in [0.05, 0.1) is 5.52 Å². The van der Waals surface area contributed by atoms with Crippen LogP contribution in [0.25, 0.3) is 22.0 Å². The van der Waals surface area contributed by atoms with Crippen LogP contribution in [0.2, 0.25) is 0 Å². The summed E-state index contributed by atoms with van der Waals surface area (Å²) in [5.41, 5.74) is 6.08. The zero-order chi connectivity index (χ0) is 28.1. The van der Waals surface area contributed by atoms with E-state index in [4.69, 9.17) is 4.98 Å². The third kappa shape index (κ3) is 6.72. The Morgan fingerprint density at radius 2 is 1.65 bits per heavy atom. The number of amides is 2. The van der Waals surface area contributed by atoms with E-state index >= 15 is 0 Å². The van der Waals surface area contributed by atoms with Crippen LogP contribution in [0.15, 0.2) is 72.9 Å². The molecule has 1 saturated heterocycles. The van der Waals surface area contributed by atoms with Gasteiger partial charge in [-0.15, -0.1) is 0 Å². The molecule has 0 bridgehead atoms. The first-order chi connectivity index (χ1) is 19.4. The molecule has 7 heteroatoms. The molecule has 0 unspecified atom stereocenters. The molecular formula is C33H35FN4O2. The van der Waals surface area contributed by atoms with Gasteiger partial charge in [0.1, 0.15) is 5.82 Å². The number of aromatic nitrogens is 1.